The highest BCUT2D eigenvalue weighted by atomic mass is 19.4. The molecule has 0 aliphatic rings. The summed E-state index contributed by atoms with van der Waals surface area (Å²) in [7, 11) is 1.79. The highest BCUT2D eigenvalue weighted by molar-refractivity contribution is 5.81. The van der Waals surface area contributed by atoms with Gasteiger partial charge in [0.25, 0.3) is 0 Å². The average molecular weight is 417 g/mol. The molecule has 1 heterocycles. The number of carboxylic acids is 1. The molecule has 0 aliphatic heterocycles. The molecule has 0 saturated heterocycles. The van der Waals surface area contributed by atoms with Gasteiger partial charge in [-0.2, -0.15) is 18.3 Å². The number of carboxylic acid groups (broad SMARTS) is 1. The molecule has 0 bridgehead atoms. The van der Waals surface area contributed by atoms with Gasteiger partial charge in [0.2, 0.25) is 0 Å². The number of aryl methyl sites for hydroxylation is 1. The number of hydrogen-bond donors (Lipinski definition) is 2. The van der Waals surface area contributed by atoms with Gasteiger partial charge in [0, 0.05) is 35.7 Å². The summed E-state index contributed by atoms with van der Waals surface area (Å²) in [5.41, 5.74) is 2.95. The Balaban J connectivity index is 2.00. The molecule has 3 rings (SSSR count). The van der Waals surface area contributed by atoms with Gasteiger partial charge in [0.1, 0.15) is 0 Å². The standard InChI is InChI=1S/C22H22F3N3O2/c1-3-14(11-21(29)30)15-4-9-19(16-12-26-28(2)13-16)20(10-15)27-18-7-5-17(6-8-18)22(23,24)25/h4-10,12-14,27H,3,11H2,1-2H3,(H,29,30). The number of benzene rings is 2. The highest BCUT2D eigenvalue weighted by Gasteiger charge is 2.30. The van der Waals surface area contributed by atoms with Crippen molar-refractivity contribution < 1.29 is 23.1 Å². The summed E-state index contributed by atoms with van der Waals surface area (Å²) < 4.78 is 40.2. The maximum absolute atomic E-state index is 12.8. The molecule has 0 fully saturated rings. The van der Waals surface area contributed by atoms with Crippen molar-refractivity contribution >= 4 is 17.3 Å². The van der Waals surface area contributed by atoms with E-state index in [1.165, 1.54) is 12.1 Å². The van der Waals surface area contributed by atoms with Crippen LogP contribution in [0.1, 0.15) is 36.8 Å². The van der Waals surface area contributed by atoms with Crippen LogP contribution < -0.4 is 5.32 Å². The first-order chi connectivity index (χ1) is 14.2. The van der Waals surface area contributed by atoms with E-state index in [0.717, 1.165) is 28.8 Å². The maximum Gasteiger partial charge on any atom is 0.416 e. The Labute approximate surface area is 172 Å². The summed E-state index contributed by atoms with van der Waals surface area (Å²) in [5, 5.41) is 16.5. The quantitative estimate of drug-likeness (QED) is 0.509. The molecule has 8 heteroatoms. The number of anilines is 2. The fourth-order valence-electron chi connectivity index (χ4n) is 3.34. The first-order valence-corrected chi connectivity index (χ1v) is 9.46. The zero-order valence-electron chi connectivity index (χ0n) is 16.6. The van der Waals surface area contributed by atoms with Crippen molar-refractivity contribution in [1.82, 2.24) is 9.78 Å². The molecule has 30 heavy (non-hydrogen) atoms. The summed E-state index contributed by atoms with van der Waals surface area (Å²) >= 11 is 0. The smallest absolute Gasteiger partial charge is 0.416 e. The molecule has 0 saturated carbocycles. The lowest BCUT2D eigenvalue weighted by atomic mass is 9.91. The van der Waals surface area contributed by atoms with Gasteiger partial charge in [-0.05, 0) is 48.2 Å². The minimum absolute atomic E-state index is 0.00244. The number of alkyl halides is 3. The van der Waals surface area contributed by atoms with E-state index in [0.29, 0.717) is 17.8 Å². The summed E-state index contributed by atoms with van der Waals surface area (Å²) in [4.78, 5) is 11.2. The lowest BCUT2D eigenvalue weighted by Gasteiger charge is -2.18. The second-order valence-corrected chi connectivity index (χ2v) is 7.11. The van der Waals surface area contributed by atoms with E-state index in [-0.39, 0.29) is 12.3 Å². The van der Waals surface area contributed by atoms with Crippen molar-refractivity contribution in [1.29, 1.82) is 0 Å². The third-order valence-electron chi connectivity index (χ3n) is 4.94. The van der Waals surface area contributed by atoms with Crippen molar-refractivity contribution in [2.24, 2.45) is 7.05 Å². The van der Waals surface area contributed by atoms with Crippen LogP contribution in [0.4, 0.5) is 24.5 Å². The normalized spacial score (nSPS) is 12.6. The predicted octanol–water partition coefficient (Wildman–Crippen LogP) is 5.82. The number of hydrogen-bond acceptors (Lipinski definition) is 3. The summed E-state index contributed by atoms with van der Waals surface area (Å²) in [6.07, 6.45) is -0.214. The number of halogens is 3. The minimum atomic E-state index is -4.40. The fourth-order valence-corrected chi connectivity index (χ4v) is 3.34. The van der Waals surface area contributed by atoms with Gasteiger partial charge < -0.3 is 10.4 Å². The molecule has 1 aromatic heterocycles. The van der Waals surface area contributed by atoms with Crippen LogP contribution in [0.15, 0.2) is 54.9 Å². The molecule has 3 aromatic rings. The number of nitrogens with one attached hydrogen (secondary N) is 1. The van der Waals surface area contributed by atoms with Crippen LogP contribution in [-0.4, -0.2) is 20.9 Å². The first kappa shape index (κ1) is 21.4. The zero-order valence-corrected chi connectivity index (χ0v) is 16.6. The van der Waals surface area contributed by atoms with Crippen LogP contribution in [0.3, 0.4) is 0 Å². The van der Waals surface area contributed by atoms with E-state index in [1.54, 1.807) is 17.9 Å². The Kier molecular flexibility index (Phi) is 6.14. The van der Waals surface area contributed by atoms with Gasteiger partial charge in [0.05, 0.1) is 18.2 Å². The first-order valence-electron chi connectivity index (χ1n) is 9.46. The predicted molar refractivity (Wildman–Crippen MR) is 109 cm³/mol. The van der Waals surface area contributed by atoms with Crippen LogP contribution >= 0.6 is 0 Å². The SMILES string of the molecule is CCC(CC(=O)O)c1ccc(-c2cnn(C)c2)c(Nc2ccc(C(F)(F)F)cc2)c1. The van der Waals surface area contributed by atoms with Crippen LogP contribution in [0.25, 0.3) is 11.1 Å². The molecule has 2 aromatic carbocycles. The lowest BCUT2D eigenvalue weighted by Crippen LogP contribution is -2.06. The Bertz CT molecular complexity index is 1030. The van der Waals surface area contributed by atoms with Crippen molar-refractivity contribution in [3.63, 3.8) is 0 Å². The monoisotopic (exact) mass is 417 g/mol. The number of aliphatic carboxylic acids is 1. The molecular formula is C22H22F3N3O2. The third kappa shape index (κ3) is 5.00. The Morgan fingerprint density at radius 2 is 1.90 bits per heavy atom. The number of aromatic nitrogens is 2. The van der Waals surface area contributed by atoms with Crippen molar-refractivity contribution in [3.05, 3.63) is 66.0 Å². The molecule has 5 nitrogen and oxygen atoms in total. The van der Waals surface area contributed by atoms with Gasteiger partial charge in [-0.15, -0.1) is 0 Å². The summed E-state index contributed by atoms with van der Waals surface area (Å²) in [5.74, 6) is -1.05. The average Bonchev–Trinajstić information content (AvgIpc) is 3.11. The van der Waals surface area contributed by atoms with Gasteiger partial charge >= 0.3 is 12.1 Å². The Morgan fingerprint density at radius 1 is 1.20 bits per heavy atom. The zero-order chi connectivity index (χ0) is 21.9. The van der Waals surface area contributed by atoms with Crippen molar-refractivity contribution in [2.75, 3.05) is 5.32 Å². The molecule has 0 spiro atoms. The third-order valence-corrected chi connectivity index (χ3v) is 4.94. The van der Waals surface area contributed by atoms with E-state index in [4.69, 9.17) is 0 Å². The van der Waals surface area contributed by atoms with E-state index in [2.05, 4.69) is 10.4 Å². The second kappa shape index (κ2) is 8.61. The lowest BCUT2D eigenvalue weighted by molar-refractivity contribution is -0.138. The molecule has 1 unspecified atom stereocenters. The van der Waals surface area contributed by atoms with E-state index in [1.807, 2.05) is 31.3 Å². The Hall–Kier alpha value is -3.29. The fraction of sp³-hybridized carbons (Fsp3) is 0.273. The summed E-state index contributed by atoms with van der Waals surface area (Å²) in [6.45, 7) is 1.92. The molecule has 0 radical (unpaired) electrons. The molecule has 0 aliphatic carbocycles. The molecule has 2 N–H and O–H groups in total. The van der Waals surface area contributed by atoms with E-state index in [9.17, 15) is 23.1 Å². The maximum atomic E-state index is 12.8. The number of nitrogens with zero attached hydrogens (tertiary/aromatic N) is 2. The largest absolute Gasteiger partial charge is 0.481 e. The topological polar surface area (TPSA) is 67.1 Å². The van der Waals surface area contributed by atoms with Gasteiger partial charge in [0.15, 0.2) is 0 Å². The summed E-state index contributed by atoms with van der Waals surface area (Å²) in [6, 6.07) is 10.4. The van der Waals surface area contributed by atoms with Crippen LogP contribution in [-0.2, 0) is 18.0 Å². The van der Waals surface area contributed by atoms with Gasteiger partial charge in [-0.25, -0.2) is 0 Å². The Morgan fingerprint density at radius 3 is 2.43 bits per heavy atom. The molecule has 1 atom stereocenters. The molecular weight excluding hydrogens is 395 g/mol. The van der Waals surface area contributed by atoms with Crippen molar-refractivity contribution in [2.45, 2.75) is 31.9 Å². The molecule has 0 amide bonds. The number of carbonyl (C=O) groups is 1. The minimum Gasteiger partial charge on any atom is -0.481 e. The molecule has 158 valence electrons. The van der Waals surface area contributed by atoms with Crippen LogP contribution in [0.2, 0.25) is 0 Å². The van der Waals surface area contributed by atoms with Crippen LogP contribution in [0.5, 0.6) is 0 Å². The van der Waals surface area contributed by atoms with Crippen LogP contribution in [0, 0.1) is 0 Å². The number of rotatable bonds is 7. The van der Waals surface area contributed by atoms with Gasteiger partial charge in [-0.3, -0.25) is 9.48 Å². The second-order valence-electron chi connectivity index (χ2n) is 7.11. The highest BCUT2D eigenvalue weighted by Crippen LogP contribution is 2.36. The van der Waals surface area contributed by atoms with Crippen molar-refractivity contribution in [3.8, 4) is 11.1 Å². The van der Waals surface area contributed by atoms with E-state index >= 15 is 0 Å². The van der Waals surface area contributed by atoms with Gasteiger partial charge in [-0.1, -0.05) is 19.1 Å². The van der Waals surface area contributed by atoms with E-state index < -0.39 is 17.7 Å².